The summed E-state index contributed by atoms with van der Waals surface area (Å²) in [6.07, 6.45) is -11.9. The van der Waals surface area contributed by atoms with Crippen molar-refractivity contribution >= 4 is 78.6 Å². The van der Waals surface area contributed by atoms with Crippen molar-refractivity contribution in [1.82, 2.24) is 29.1 Å². The number of hydrogen-bond acceptors (Lipinski definition) is 15. The Balaban J connectivity index is 1.22. The van der Waals surface area contributed by atoms with Gasteiger partial charge in [0.2, 0.25) is 11.2 Å². The molecule has 7 N–H and O–H groups in total. The predicted octanol–water partition coefficient (Wildman–Crippen LogP) is 1.25. The molecule has 0 spiro atoms. The molecule has 10 atom stereocenters. The van der Waals surface area contributed by atoms with Gasteiger partial charge in [-0.2, -0.15) is 4.98 Å². The number of hydrogen-bond donors (Lipinski definition) is 6. The molecular weight excluding hydrogens is 739 g/mol. The quantitative estimate of drug-likeness (QED) is 0.157. The number of aromatic amines is 1. The van der Waals surface area contributed by atoms with Crippen molar-refractivity contribution in [3.8, 4) is 0 Å². The van der Waals surface area contributed by atoms with Crippen LogP contribution in [0.15, 0.2) is 23.3 Å². The third kappa shape index (κ3) is 6.01. The van der Waals surface area contributed by atoms with Gasteiger partial charge >= 0.3 is 15.6 Å². The Labute approximate surface area is 276 Å². The first-order valence-electron chi connectivity index (χ1n) is 13.4. The van der Waals surface area contributed by atoms with E-state index in [-0.39, 0.29) is 43.5 Å². The molecule has 0 radical (unpaired) electrons. The van der Waals surface area contributed by atoms with Crippen LogP contribution in [0.5, 0.6) is 0 Å². The van der Waals surface area contributed by atoms with Gasteiger partial charge < -0.3 is 35.2 Å². The predicted molar refractivity (Wildman–Crippen MR) is 158 cm³/mol. The first-order valence-corrected chi connectivity index (χ1v) is 17.5. The highest BCUT2D eigenvalue weighted by Crippen LogP contribution is 2.54. The number of phosphoric ester groups is 2. The molecule has 0 amide bonds. The van der Waals surface area contributed by atoms with E-state index in [2.05, 4.69) is 19.9 Å². The van der Waals surface area contributed by atoms with Gasteiger partial charge in [0.25, 0.3) is 5.56 Å². The van der Waals surface area contributed by atoms with Crippen LogP contribution >= 0.6 is 50.4 Å². The fourth-order valence-corrected chi connectivity index (χ4v) is 8.02. The number of phosphoric acid groups is 2. The summed E-state index contributed by atoms with van der Waals surface area (Å²) in [7, 11) is -10.3. The Morgan fingerprint density at radius 1 is 0.915 bits per heavy atom. The van der Waals surface area contributed by atoms with E-state index in [1.54, 1.807) is 0 Å². The summed E-state index contributed by atoms with van der Waals surface area (Å²) in [6, 6.07) is 2.80. The second-order valence-corrected chi connectivity index (χ2v) is 14.5. The van der Waals surface area contributed by atoms with Crippen LogP contribution in [0.1, 0.15) is 12.5 Å². The Morgan fingerprint density at radius 3 is 2.28 bits per heavy atom. The Hall–Kier alpha value is -2.23. The number of nitrogens with zero attached hydrogens (tertiary/aromatic N) is 5. The van der Waals surface area contributed by atoms with Gasteiger partial charge in [0.15, 0.2) is 23.6 Å². The smallest absolute Gasteiger partial charge is 0.387 e. The highest BCUT2D eigenvalue weighted by Gasteiger charge is 2.54. The van der Waals surface area contributed by atoms with E-state index in [0.717, 1.165) is 10.9 Å². The molecule has 2 bridgehead atoms. The molecule has 47 heavy (non-hydrogen) atoms. The van der Waals surface area contributed by atoms with Crippen LogP contribution in [0, 0.1) is 0 Å². The molecule has 3 fully saturated rings. The zero-order valence-corrected chi connectivity index (χ0v) is 27.1. The first-order chi connectivity index (χ1) is 22.1. The average molecular weight is 761 g/mol. The molecule has 0 aliphatic carbocycles. The normalized spacial score (nSPS) is 36.7. The van der Waals surface area contributed by atoms with Crippen molar-refractivity contribution < 1.29 is 56.7 Å². The molecule has 3 saturated heterocycles. The molecule has 1 aromatic carbocycles. The number of nitrogen functional groups attached to an aromatic ring is 1. The number of anilines is 1. The maximum absolute atomic E-state index is 13.3. The number of H-pyrrole nitrogens is 1. The fraction of sp³-hybridized carbons (Fsp3) is 0.455. The minimum Gasteiger partial charge on any atom is -0.387 e. The molecule has 6 heterocycles. The number of halogens is 3. The van der Waals surface area contributed by atoms with Crippen molar-refractivity contribution in [1.29, 1.82) is 0 Å². The van der Waals surface area contributed by atoms with Crippen molar-refractivity contribution in [3.63, 3.8) is 0 Å². The summed E-state index contributed by atoms with van der Waals surface area (Å²) >= 11 is 18.7. The van der Waals surface area contributed by atoms with Crippen LogP contribution in [-0.4, -0.2) is 98.9 Å². The van der Waals surface area contributed by atoms with Crippen molar-refractivity contribution in [3.05, 3.63) is 44.1 Å². The Morgan fingerprint density at radius 2 is 1.55 bits per heavy atom. The number of rotatable bonds is 2. The minimum atomic E-state index is -5.15. The largest absolute Gasteiger partial charge is 0.472 e. The van der Waals surface area contributed by atoms with Crippen LogP contribution in [0.4, 0.5) is 5.95 Å². The van der Waals surface area contributed by atoms with E-state index in [0.29, 0.717) is 0 Å². The summed E-state index contributed by atoms with van der Waals surface area (Å²) in [6.45, 7) is -1.70. The lowest BCUT2D eigenvalue weighted by Gasteiger charge is -2.26. The van der Waals surface area contributed by atoms with Crippen LogP contribution < -0.4 is 11.3 Å². The zero-order valence-electron chi connectivity index (χ0n) is 23.1. The topological polar surface area (TPSA) is 278 Å². The van der Waals surface area contributed by atoms with Gasteiger partial charge in [0, 0.05) is 0 Å². The van der Waals surface area contributed by atoms with Crippen LogP contribution in [0.3, 0.4) is 0 Å². The third-order valence-corrected chi connectivity index (χ3v) is 10.6. The molecule has 3 aromatic heterocycles. The molecule has 25 heteroatoms. The van der Waals surface area contributed by atoms with Crippen molar-refractivity contribution in [2.45, 2.75) is 49.1 Å². The van der Waals surface area contributed by atoms with E-state index in [9.17, 15) is 33.9 Å². The molecule has 7 rings (SSSR count). The number of aromatic nitrogens is 6. The van der Waals surface area contributed by atoms with Gasteiger partial charge in [-0.15, -0.1) is 0 Å². The highest BCUT2D eigenvalue weighted by molar-refractivity contribution is 7.47. The number of imidazole rings is 2. The third-order valence-electron chi connectivity index (χ3n) is 7.60. The van der Waals surface area contributed by atoms with E-state index < -0.39 is 83.5 Å². The summed E-state index contributed by atoms with van der Waals surface area (Å²) in [5, 5.41) is 22.3. The van der Waals surface area contributed by atoms with Gasteiger partial charge in [-0.25, -0.2) is 19.1 Å². The summed E-state index contributed by atoms with van der Waals surface area (Å²) in [5.41, 5.74) is 5.15. The molecular formula is C22H22Cl3N7O13P2. The van der Waals surface area contributed by atoms with Crippen LogP contribution in [-0.2, 0) is 36.7 Å². The first kappa shape index (κ1) is 33.3. The minimum absolute atomic E-state index is 0.103. The average Bonchev–Trinajstić information content (AvgIpc) is 3.70. The number of nitrogens with one attached hydrogen (secondary N) is 1. The standard InChI is InChI=1S/C22H22Cl3N7O13P2/c23-6-1-8-9(2-7(6)24)32(21(25)28-8)20-16-13(33)10(42-20)3-40-46(36,37)44-15-11(4-41-47(38,39)45-16)43-19(14(15)34)31-5-27-12-17(31)29-22(26)30-18(12)35/h1-2,5,10-11,13-16,19-20,33-34H,3-4H2,(H,36,37)(H,38,39)(H3,26,29,30,35)/t10-,11-,13?,14?,15?,16?,19-,20-/m1/s1. The molecule has 20 nitrogen and oxygen atoms in total. The SMILES string of the molecule is Nc1nc2c(ncn2[C@@H]2O[C@@H]3COP(=O)(O)OC4C(O)[C@@H](COP(=O)(O)OC3C2O)O[C@H]4n2c(Cl)nc3cc(Cl)c(Cl)cc32)c(=O)[nH]1. The fourth-order valence-electron chi connectivity index (χ4n) is 5.53. The number of benzene rings is 1. The molecule has 6 unspecified atom stereocenters. The van der Waals surface area contributed by atoms with E-state index in [1.807, 2.05) is 0 Å². The summed E-state index contributed by atoms with van der Waals surface area (Å²) < 4.78 is 61.3. The molecule has 0 saturated carbocycles. The van der Waals surface area contributed by atoms with E-state index in [1.165, 1.54) is 16.7 Å². The van der Waals surface area contributed by atoms with Crippen molar-refractivity contribution in [2.24, 2.45) is 0 Å². The van der Waals surface area contributed by atoms with Gasteiger partial charge in [-0.3, -0.25) is 37.0 Å². The van der Waals surface area contributed by atoms with Gasteiger partial charge in [0.1, 0.15) is 36.6 Å². The molecule has 3 aliphatic heterocycles. The van der Waals surface area contributed by atoms with Gasteiger partial charge in [-0.05, 0) is 23.7 Å². The second kappa shape index (κ2) is 12.0. The van der Waals surface area contributed by atoms with Crippen LogP contribution in [0.25, 0.3) is 22.2 Å². The number of aliphatic hydroxyl groups is 2. The Kier molecular flexibility index (Phi) is 8.48. The van der Waals surface area contributed by atoms with Crippen molar-refractivity contribution in [2.75, 3.05) is 18.9 Å². The second-order valence-electron chi connectivity index (χ2n) is 10.6. The van der Waals surface area contributed by atoms with E-state index in [4.69, 9.17) is 68.1 Å². The Bertz CT molecular complexity index is 2050. The monoisotopic (exact) mass is 759 g/mol. The number of aliphatic hydroxyl groups excluding tert-OH is 2. The number of nitrogens with two attached hydrogens (primary N) is 1. The summed E-state index contributed by atoms with van der Waals surface area (Å²) in [5.74, 6) is -0.278. The van der Waals surface area contributed by atoms with Crippen LogP contribution in [0.2, 0.25) is 15.3 Å². The maximum Gasteiger partial charge on any atom is 0.472 e. The zero-order chi connectivity index (χ0) is 33.6. The highest BCUT2D eigenvalue weighted by atomic mass is 35.5. The van der Waals surface area contributed by atoms with Gasteiger partial charge in [-0.1, -0.05) is 23.2 Å². The molecule has 3 aliphatic rings. The number of fused-ring (bicyclic) bond motifs is 5. The lowest BCUT2D eigenvalue weighted by molar-refractivity contribution is -0.0670. The molecule has 254 valence electrons. The van der Waals surface area contributed by atoms with Gasteiger partial charge in [0.05, 0.1) is 40.6 Å². The maximum atomic E-state index is 13.3. The summed E-state index contributed by atoms with van der Waals surface area (Å²) in [4.78, 5) is 48.0. The lowest BCUT2D eigenvalue weighted by atomic mass is 10.1. The lowest BCUT2D eigenvalue weighted by Crippen LogP contribution is -2.36. The molecule has 4 aromatic rings. The number of ether oxygens (including phenoxy) is 2. The van der Waals surface area contributed by atoms with E-state index >= 15 is 0 Å².